The fraction of sp³-hybridized carbons (Fsp3) is 0.667. The zero-order valence-electron chi connectivity index (χ0n) is 10.6. The fourth-order valence-corrected chi connectivity index (χ4v) is 3.11. The molecule has 0 radical (unpaired) electrons. The number of hydrogen-bond acceptors (Lipinski definition) is 4. The van der Waals surface area contributed by atoms with E-state index in [1.54, 1.807) is 0 Å². The molecule has 0 spiro atoms. The van der Waals surface area contributed by atoms with E-state index in [-0.39, 0.29) is 18.3 Å². The lowest BCUT2D eigenvalue weighted by Gasteiger charge is -2.22. The zero-order valence-corrected chi connectivity index (χ0v) is 12.2. The van der Waals surface area contributed by atoms with Crippen molar-refractivity contribution in [1.29, 1.82) is 0 Å². The summed E-state index contributed by atoms with van der Waals surface area (Å²) in [6, 6.07) is 0.405. The molecule has 0 saturated carbocycles. The van der Waals surface area contributed by atoms with Gasteiger partial charge in [0.25, 0.3) is 5.91 Å². The Morgan fingerprint density at radius 1 is 1.67 bits per heavy atom. The molecule has 1 saturated heterocycles. The third-order valence-corrected chi connectivity index (χ3v) is 4.15. The second-order valence-electron chi connectivity index (χ2n) is 4.37. The Morgan fingerprint density at radius 2 is 2.44 bits per heavy atom. The molecule has 2 rings (SSSR count). The minimum Gasteiger partial charge on any atom is -0.334 e. The predicted molar refractivity (Wildman–Crippen MR) is 76.5 cm³/mol. The van der Waals surface area contributed by atoms with Crippen molar-refractivity contribution >= 4 is 29.7 Å². The van der Waals surface area contributed by atoms with Gasteiger partial charge >= 0.3 is 0 Å². The molecule has 1 aliphatic heterocycles. The first kappa shape index (κ1) is 15.4. The van der Waals surface area contributed by atoms with Gasteiger partial charge in [0.05, 0.1) is 5.01 Å². The average Bonchev–Trinajstić information content (AvgIpc) is 2.96. The molecule has 0 aliphatic carbocycles. The average molecular weight is 290 g/mol. The number of aromatic nitrogens is 1. The Hall–Kier alpha value is -0.650. The van der Waals surface area contributed by atoms with Gasteiger partial charge in [0.1, 0.15) is 5.69 Å². The third kappa shape index (κ3) is 3.22. The molecule has 6 heteroatoms. The summed E-state index contributed by atoms with van der Waals surface area (Å²) in [4.78, 5) is 18.6. The van der Waals surface area contributed by atoms with Crippen LogP contribution in [0.3, 0.4) is 0 Å². The summed E-state index contributed by atoms with van der Waals surface area (Å²) >= 11 is 1.53. The van der Waals surface area contributed by atoms with Crippen LogP contribution in [-0.4, -0.2) is 34.9 Å². The Bertz CT molecular complexity index is 396. The minimum atomic E-state index is 0. The van der Waals surface area contributed by atoms with Gasteiger partial charge in [0.2, 0.25) is 0 Å². The molecular weight excluding hydrogens is 270 g/mol. The Kier molecular flexibility index (Phi) is 6.05. The summed E-state index contributed by atoms with van der Waals surface area (Å²) in [6.45, 7) is 3.60. The van der Waals surface area contributed by atoms with E-state index in [2.05, 4.69) is 11.9 Å². The van der Waals surface area contributed by atoms with Crippen LogP contribution in [0.25, 0.3) is 0 Å². The number of halogens is 1. The number of carbonyl (C=O) groups excluding carboxylic acids is 1. The van der Waals surface area contributed by atoms with Crippen LogP contribution < -0.4 is 5.73 Å². The first-order valence-corrected chi connectivity index (χ1v) is 7.09. The molecule has 1 amide bonds. The number of amides is 1. The molecule has 0 bridgehead atoms. The van der Waals surface area contributed by atoms with Gasteiger partial charge in [0, 0.05) is 24.4 Å². The molecule has 4 nitrogen and oxygen atoms in total. The summed E-state index contributed by atoms with van der Waals surface area (Å²) < 4.78 is 0. The number of likely N-dealkylation sites (tertiary alicyclic amines) is 1. The number of rotatable bonds is 4. The van der Waals surface area contributed by atoms with Crippen LogP contribution in [-0.2, 0) is 6.42 Å². The van der Waals surface area contributed by atoms with E-state index in [0.29, 0.717) is 18.3 Å². The lowest BCUT2D eigenvalue weighted by atomic mass is 10.1. The van der Waals surface area contributed by atoms with Gasteiger partial charge in [0.15, 0.2) is 0 Å². The number of nitrogens with two attached hydrogens (primary N) is 1. The molecule has 2 heterocycles. The largest absolute Gasteiger partial charge is 0.334 e. The topological polar surface area (TPSA) is 59.2 Å². The van der Waals surface area contributed by atoms with Crippen molar-refractivity contribution in [2.24, 2.45) is 5.73 Å². The predicted octanol–water partition coefficient (Wildman–Crippen LogP) is 2.08. The first-order valence-electron chi connectivity index (χ1n) is 6.21. The van der Waals surface area contributed by atoms with Crippen LogP contribution in [0.4, 0.5) is 0 Å². The van der Waals surface area contributed by atoms with E-state index in [0.717, 1.165) is 37.2 Å². The highest BCUT2D eigenvalue weighted by atomic mass is 35.5. The van der Waals surface area contributed by atoms with Crippen molar-refractivity contribution < 1.29 is 4.79 Å². The first-order chi connectivity index (χ1) is 8.26. The quantitative estimate of drug-likeness (QED) is 0.923. The summed E-state index contributed by atoms with van der Waals surface area (Å²) in [7, 11) is 0. The number of carbonyl (C=O) groups is 1. The Balaban J connectivity index is 0.00000162. The van der Waals surface area contributed by atoms with Crippen LogP contribution >= 0.6 is 23.7 Å². The smallest absolute Gasteiger partial charge is 0.273 e. The number of nitrogens with zero attached hydrogens (tertiary/aromatic N) is 2. The molecule has 2 N–H and O–H groups in total. The maximum absolute atomic E-state index is 12.3. The van der Waals surface area contributed by atoms with Crippen LogP contribution in [0.2, 0.25) is 0 Å². The van der Waals surface area contributed by atoms with Gasteiger partial charge in [-0.2, -0.15) is 0 Å². The van der Waals surface area contributed by atoms with Crippen molar-refractivity contribution in [2.75, 3.05) is 13.1 Å². The van der Waals surface area contributed by atoms with E-state index in [1.165, 1.54) is 11.3 Å². The van der Waals surface area contributed by atoms with E-state index in [9.17, 15) is 4.79 Å². The molecule has 1 fully saturated rings. The molecule has 1 aromatic rings. The standard InChI is InChI=1S/C12H19N3OS.ClH/c1-2-9-4-3-7-15(9)12(16)10-8-17-11(14-10)5-6-13;/h8-9H,2-7,13H2,1H3;1H. The lowest BCUT2D eigenvalue weighted by molar-refractivity contribution is 0.0728. The molecule has 1 atom stereocenters. The van der Waals surface area contributed by atoms with Gasteiger partial charge in [-0.25, -0.2) is 4.98 Å². The maximum atomic E-state index is 12.3. The summed E-state index contributed by atoms with van der Waals surface area (Å²) in [6.07, 6.45) is 4.03. The van der Waals surface area contributed by atoms with Crippen molar-refractivity contribution in [1.82, 2.24) is 9.88 Å². The van der Waals surface area contributed by atoms with Gasteiger partial charge < -0.3 is 10.6 Å². The molecule has 1 aromatic heterocycles. The molecule has 1 unspecified atom stereocenters. The minimum absolute atomic E-state index is 0. The van der Waals surface area contributed by atoms with Gasteiger partial charge in [-0.3, -0.25) is 4.79 Å². The zero-order chi connectivity index (χ0) is 12.3. The summed E-state index contributed by atoms with van der Waals surface area (Å²) in [5.41, 5.74) is 6.08. The van der Waals surface area contributed by atoms with Crippen LogP contribution in [0.15, 0.2) is 5.38 Å². The second kappa shape index (κ2) is 7.07. The van der Waals surface area contributed by atoms with E-state index in [4.69, 9.17) is 5.73 Å². The summed E-state index contributed by atoms with van der Waals surface area (Å²) in [5, 5.41) is 2.82. The van der Waals surface area contributed by atoms with Crippen LogP contribution in [0.1, 0.15) is 41.7 Å². The van der Waals surface area contributed by atoms with Gasteiger partial charge in [-0.15, -0.1) is 23.7 Å². The summed E-state index contributed by atoms with van der Waals surface area (Å²) in [5.74, 6) is 0.0915. The number of hydrogen-bond donors (Lipinski definition) is 1. The van der Waals surface area contributed by atoms with Crippen molar-refractivity contribution in [3.8, 4) is 0 Å². The van der Waals surface area contributed by atoms with Crippen LogP contribution in [0, 0.1) is 0 Å². The van der Waals surface area contributed by atoms with Crippen LogP contribution in [0.5, 0.6) is 0 Å². The third-order valence-electron chi connectivity index (χ3n) is 3.24. The molecular formula is C12H20ClN3OS. The normalized spacial score (nSPS) is 18.8. The van der Waals surface area contributed by atoms with Gasteiger partial charge in [-0.05, 0) is 25.8 Å². The lowest BCUT2D eigenvalue weighted by Crippen LogP contribution is -2.35. The van der Waals surface area contributed by atoms with E-state index in [1.807, 2.05) is 10.3 Å². The monoisotopic (exact) mass is 289 g/mol. The van der Waals surface area contributed by atoms with Crippen molar-refractivity contribution in [2.45, 2.75) is 38.6 Å². The maximum Gasteiger partial charge on any atom is 0.273 e. The van der Waals surface area contributed by atoms with E-state index >= 15 is 0 Å². The molecule has 102 valence electrons. The molecule has 1 aliphatic rings. The van der Waals surface area contributed by atoms with Crippen molar-refractivity contribution in [3.05, 3.63) is 16.1 Å². The highest BCUT2D eigenvalue weighted by Gasteiger charge is 2.29. The fourth-order valence-electron chi connectivity index (χ4n) is 2.32. The Morgan fingerprint density at radius 3 is 3.11 bits per heavy atom. The molecule has 0 aromatic carbocycles. The SMILES string of the molecule is CCC1CCCN1C(=O)c1csc(CCN)n1.Cl. The van der Waals surface area contributed by atoms with Gasteiger partial charge in [-0.1, -0.05) is 6.92 Å². The number of thiazole rings is 1. The van der Waals surface area contributed by atoms with Crippen molar-refractivity contribution in [3.63, 3.8) is 0 Å². The highest BCUT2D eigenvalue weighted by molar-refractivity contribution is 7.09. The molecule has 18 heavy (non-hydrogen) atoms. The van der Waals surface area contributed by atoms with E-state index < -0.39 is 0 Å². The highest BCUT2D eigenvalue weighted by Crippen LogP contribution is 2.22. The Labute approximate surface area is 118 Å². The second-order valence-corrected chi connectivity index (χ2v) is 5.31.